The minimum absolute atomic E-state index is 0.255. The van der Waals surface area contributed by atoms with Crippen LogP contribution >= 0.6 is 0 Å². The van der Waals surface area contributed by atoms with Crippen LogP contribution in [0.4, 0.5) is 10.5 Å². The van der Waals surface area contributed by atoms with E-state index in [9.17, 15) is 14.4 Å². The number of hydrogen-bond donors (Lipinski definition) is 1. The third-order valence-electron chi connectivity index (χ3n) is 6.46. The van der Waals surface area contributed by atoms with Crippen molar-refractivity contribution in [3.63, 3.8) is 0 Å². The number of para-hydroxylation sites is 1. The summed E-state index contributed by atoms with van der Waals surface area (Å²) in [7, 11) is 0. The van der Waals surface area contributed by atoms with Crippen LogP contribution in [-0.4, -0.2) is 35.8 Å². The third-order valence-corrected chi connectivity index (χ3v) is 6.46. The second-order valence-electron chi connectivity index (χ2n) is 8.53. The van der Waals surface area contributed by atoms with Crippen LogP contribution in [0.5, 0.6) is 0 Å². The molecule has 0 radical (unpaired) electrons. The smallest absolute Gasteiger partial charge is 0.319 e. The van der Waals surface area contributed by atoms with Crippen LogP contribution in [0.15, 0.2) is 84.9 Å². The zero-order chi connectivity index (χ0) is 22.8. The molecule has 5 rings (SSSR count). The first-order valence-electron chi connectivity index (χ1n) is 11.2. The van der Waals surface area contributed by atoms with E-state index >= 15 is 0 Å². The van der Waals surface area contributed by atoms with E-state index < -0.39 is 17.5 Å². The first-order chi connectivity index (χ1) is 16.1. The van der Waals surface area contributed by atoms with E-state index in [1.807, 2.05) is 84.9 Å². The van der Waals surface area contributed by atoms with Gasteiger partial charge in [-0.3, -0.25) is 14.5 Å². The molecule has 6 nitrogen and oxygen atoms in total. The quantitative estimate of drug-likeness (QED) is 0.617. The van der Waals surface area contributed by atoms with E-state index in [2.05, 4.69) is 5.32 Å². The molecule has 3 aromatic carbocycles. The lowest BCUT2D eigenvalue weighted by atomic mass is 9.83. The number of imide groups is 1. The second-order valence-corrected chi connectivity index (χ2v) is 8.53. The summed E-state index contributed by atoms with van der Waals surface area (Å²) in [5.41, 5.74) is 2.34. The number of aryl methyl sites for hydroxylation is 1. The van der Waals surface area contributed by atoms with E-state index in [4.69, 9.17) is 0 Å². The molecule has 2 heterocycles. The molecule has 2 aliphatic rings. The molecule has 0 spiro atoms. The summed E-state index contributed by atoms with van der Waals surface area (Å²) in [6.07, 6.45) is 2.07. The molecule has 0 bridgehead atoms. The Morgan fingerprint density at radius 1 is 0.879 bits per heavy atom. The van der Waals surface area contributed by atoms with Crippen molar-refractivity contribution in [1.29, 1.82) is 0 Å². The number of nitrogens with zero attached hydrogens (tertiary/aromatic N) is 2. The van der Waals surface area contributed by atoms with Crippen molar-refractivity contribution in [1.82, 2.24) is 10.2 Å². The van der Waals surface area contributed by atoms with Gasteiger partial charge in [0.2, 0.25) is 5.91 Å². The molecule has 0 aromatic heterocycles. The standard InChI is InChI=1S/C27H25N3O3/c31-24(29-17-9-13-21-12-7-8-16-23(21)29)19-30-25(32)27(28-26(30)33,22-14-5-2-6-15-22)18-20-10-3-1-4-11-20/h1-8,10-12,14-16H,9,13,17-19H2,(H,28,33). The topological polar surface area (TPSA) is 69.7 Å². The highest BCUT2D eigenvalue weighted by molar-refractivity contribution is 6.11. The second kappa shape index (κ2) is 8.54. The Hall–Kier alpha value is -3.93. The molecule has 0 saturated carbocycles. The Labute approximate surface area is 192 Å². The molecular weight excluding hydrogens is 414 g/mol. The lowest BCUT2D eigenvalue weighted by Gasteiger charge is -2.31. The van der Waals surface area contributed by atoms with Crippen LogP contribution in [0, 0.1) is 0 Å². The number of benzene rings is 3. The highest BCUT2D eigenvalue weighted by Crippen LogP contribution is 2.33. The number of carbonyl (C=O) groups excluding carboxylic acids is 3. The molecule has 166 valence electrons. The Bertz CT molecular complexity index is 1200. The van der Waals surface area contributed by atoms with Crippen molar-refractivity contribution in [2.45, 2.75) is 24.8 Å². The van der Waals surface area contributed by atoms with Crippen molar-refractivity contribution < 1.29 is 14.4 Å². The average Bonchev–Trinajstić information content (AvgIpc) is 3.09. The van der Waals surface area contributed by atoms with Crippen molar-refractivity contribution in [2.75, 3.05) is 18.0 Å². The van der Waals surface area contributed by atoms with Gasteiger partial charge in [0.15, 0.2) is 5.54 Å². The summed E-state index contributed by atoms with van der Waals surface area (Å²) in [5.74, 6) is -0.657. The summed E-state index contributed by atoms with van der Waals surface area (Å²) in [6.45, 7) is 0.287. The highest BCUT2D eigenvalue weighted by atomic mass is 16.2. The zero-order valence-electron chi connectivity index (χ0n) is 18.2. The largest absolute Gasteiger partial charge is 0.325 e. The molecule has 4 amide bonds. The number of urea groups is 1. The van der Waals surface area contributed by atoms with Crippen LogP contribution in [0.25, 0.3) is 0 Å². The summed E-state index contributed by atoms with van der Waals surface area (Å²) < 4.78 is 0. The van der Waals surface area contributed by atoms with E-state index in [0.29, 0.717) is 18.5 Å². The molecular formula is C27H25N3O3. The fourth-order valence-corrected chi connectivity index (χ4v) is 4.83. The monoisotopic (exact) mass is 439 g/mol. The normalized spacial score (nSPS) is 19.9. The zero-order valence-corrected chi connectivity index (χ0v) is 18.2. The first-order valence-corrected chi connectivity index (χ1v) is 11.2. The minimum Gasteiger partial charge on any atom is -0.319 e. The van der Waals surface area contributed by atoms with Gasteiger partial charge >= 0.3 is 6.03 Å². The first kappa shape index (κ1) is 20.9. The summed E-state index contributed by atoms with van der Waals surface area (Å²) in [5, 5.41) is 2.93. The van der Waals surface area contributed by atoms with Gasteiger partial charge in [0, 0.05) is 18.7 Å². The van der Waals surface area contributed by atoms with Crippen molar-refractivity contribution in [3.05, 3.63) is 102 Å². The fraction of sp³-hybridized carbons (Fsp3) is 0.222. The van der Waals surface area contributed by atoms with E-state index in [1.54, 1.807) is 4.90 Å². The average molecular weight is 440 g/mol. The Balaban J connectivity index is 1.45. The Kier molecular flexibility index (Phi) is 5.42. The molecule has 0 aliphatic carbocycles. The number of rotatable bonds is 5. The van der Waals surface area contributed by atoms with E-state index in [1.165, 1.54) is 0 Å². The molecule has 33 heavy (non-hydrogen) atoms. The number of hydrogen-bond acceptors (Lipinski definition) is 3. The van der Waals surface area contributed by atoms with Crippen molar-refractivity contribution in [2.24, 2.45) is 0 Å². The molecule has 1 N–H and O–H groups in total. The van der Waals surface area contributed by atoms with Gasteiger partial charge in [-0.15, -0.1) is 0 Å². The van der Waals surface area contributed by atoms with Gasteiger partial charge in [0.25, 0.3) is 5.91 Å². The van der Waals surface area contributed by atoms with E-state index in [0.717, 1.165) is 34.6 Å². The fourth-order valence-electron chi connectivity index (χ4n) is 4.83. The summed E-state index contributed by atoms with van der Waals surface area (Å²) in [6, 6.07) is 26.1. The predicted octanol–water partition coefficient (Wildman–Crippen LogP) is 3.66. The van der Waals surface area contributed by atoms with Gasteiger partial charge in [0.1, 0.15) is 6.54 Å². The lowest BCUT2D eigenvalue weighted by Crippen LogP contribution is -2.47. The van der Waals surface area contributed by atoms with Gasteiger partial charge in [-0.05, 0) is 35.6 Å². The lowest BCUT2D eigenvalue weighted by molar-refractivity contribution is -0.134. The van der Waals surface area contributed by atoms with Crippen LogP contribution in [0.1, 0.15) is 23.1 Å². The van der Waals surface area contributed by atoms with Crippen LogP contribution in [-0.2, 0) is 28.0 Å². The molecule has 6 heteroatoms. The number of fused-ring (bicyclic) bond motifs is 1. The van der Waals surface area contributed by atoms with Gasteiger partial charge in [0.05, 0.1) is 0 Å². The SMILES string of the molecule is O=C1NC(Cc2ccccc2)(c2ccccc2)C(=O)N1CC(=O)N1CCCc2ccccc21. The molecule has 1 saturated heterocycles. The number of nitrogens with one attached hydrogen (secondary N) is 1. The summed E-state index contributed by atoms with van der Waals surface area (Å²) in [4.78, 5) is 42.9. The highest BCUT2D eigenvalue weighted by Gasteiger charge is 2.53. The van der Waals surface area contributed by atoms with Gasteiger partial charge < -0.3 is 10.2 Å². The van der Waals surface area contributed by atoms with Crippen molar-refractivity contribution in [3.8, 4) is 0 Å². The summed E-state index contributed by atoms with van der Waals surface area (Å²) >= 11 is 0. The van der Waals surface area contributed by atoms with Crippen LogP contribution in [0.2, 0.25) is 0 Å². The number of carbonyl (C=O) groups is 3. The molecule has 1 unspecified atom stereocenters. The third kappa shape index (κ3) is 3.78. The van der Waals surface area contributed by atoms with Gasteiger partial charge in [-0.2, -0.15) is 0 Å². The van der Waals surface area contributed by atoms with Gasteiger partial charge in [-0.25, -0.2) is 4.79 Å². The molecule has 3 aromatic rings. The maximum absolute atomic E-state index is 13.8. The predicted molar refractivity (Wildman–Crippen MR) is 126 cm³/mol. The number of anilines is 1. The molecule has 1 fully saturated rings. The van der Waals surface area contributed by atoms with Crippen LogP contribution < -0.4 is 10.2 Å². The molecule has 1 atom stereocenters. The minimum atomic E-state index is -1.25. The molecule has 2 aliphatic heterocycles. The Morgan fingerprint density at radius 3 is 2.30 bits per heavy atom. The van der Waals surface area contributed by atoms with Gasteiger partial charge in [-0.1, -0.05) is 78.9 Å². The maximum atomic E-state index is 13.8. The Morgan fingerprint density at radius 2 is 1.55 bits per heavy atom. The van der Waals surface area contributed by atoms with Crippen LogP contribution in [0.3, 0.4) is 0 Å². The maximum Gasteiger partial charge on any atom is 0.325 e. The van der Waals surface area contributed by atoms with Crippen molar-refractivity contribution >= 4 is 23.5 Å². The van der Waals surface area contributed by atoms with E-state index in [-0.39, 0.29) is 12.5 Å². The number of amides is 4.